The van der Waals surface area contributed by atoms with Gasteiger partial charge in [0.15, 0.2) is 11.5 Å². The minimum Gasteiger partial charge on any atom is -0.486 e. The number of pyridine rings is 1. The van der Waals surface area contributed by atoms with E-state index in [1.165, 1.54) is 12.5 Å². The number of carbonyl (C=O) groups is 1. The van der Waals surface area contributed by atoms with Crippen molar-refractivity contribution in [1.29, 1.82) is 0 Å². The lowest BCUT2D eigenvalue weighted by Crippen LogP contribution is -2.23. The third-order valence-electron chi connectivity index (χ3n) is 5.19. The van der Waals surface area contributed by atoms with Gasteiger partial charge in [-0.05, 0) is 55.9 Å². The van der Waals surface area contributed by atoms with Crippen LogP contribution < -0.4 is 14.8 Å². The van der Waals surface area contributed by atoms with Crippen molar-refractivity contribution in [2.45, 2.75) is 26.4 Å². The van der Waals surface area contributed by atoms with Gasteiger partial charge in [-0.25, -0.2) is 0 Å². The molecule has 1 N–H and O–H groups in total. The molecular formula is C23H25N3O3. The molecule has 1 aromatic heterocycles. The van der Waals surface area contributed by atoms with E-state index in [-0.39, 0.29) is 11.9 Å². The van der Waals surface area contributed by atoms with Gasteiger partial charge in [0.05, 0.1) is 11.2 Å². The fourth-order valence-corrected chi connectivity index (χ4v) is 3.50. The number of benzene rings is 2. The van der Waals surface area contributed by atoms with Crippen molar-refractivity contribution < 1.29 is 14.3 Å². The van der Waals surface area contributed by atoms with Crippen molar-refractivity contribution in [3.63, 3.8) is 0 Å². The highest BCUT2D eigenvalue weighted by molar-refractivity contribution is 5.92. The van der Waals surface area contributed by atoms with Crippen LogP contribution >= 0.6 is 0 Å². The lowest BCUT2D eigenvalue weighted by molar-refractivity contribution is -0.114. The number of fused-ring (bicyclic) bond motifs is 2. The molecule has 0 fully saturated rings. The highest BCUT2D eigenvalue weighted by Crippen LogP contribution is 2.34. The number of hydrogen-bond acceptors (Lipinski definition) is 5. The van der Waals surface area contributed by atoms with Gasteiger partial charge in [0.1, 0.15) is 13.2 Å². The van der Waals surface area contributed by atoms with Gasteiger partial charge < -0.3 is 14.8 Å². The zero-order valence-corrected chi connectivity index (χ0v) is 16.9. The van der Waals surface area contributed by atoms with Crippen LogP contribution in [0, 0.1) is 0 Å². The molecule has 1 aliphatic heterocycles. The fraction of sp³-hybridized carbons (Fsp3) is 0.304. The largest absolute Gasteiger partial charge is 0.486 e. The van der Waals surface area contributed by atoms with Gasteiger partial charge in [-0.3, -0.25) is 14.7 Å². The molecule has 1 amide bonds. The molecule has 29 heavy (non-hydrogen) atoms. The van der Waals surface area contributed by atoms with E-state index in [1.807, 2.05) is 36.4 Å². The molecule has 1 atom stereocenters. The average molecular weight is 391 g/mol. The van der Waals surface area contributed by atoms with Gasteiger partial charge >= 0.3 is 0 Å². The topological polar surface area (TPSA) is 63.7 Å². The Morgan fingerprint density at radius 3 is 2.69 bits per heavy atom. The predicted octanol–water partition coefficient (Wildman–Crippen LogP) is 4.16. The molecule has 0 aliphatic carbocycles. The van der Waals surface area contributed by atoms with E-state index < -0.39 is 0 Å². The first-order chi connectivity index (χ1) is 14.0. The standard InChI is InChI=1S/C23H25N3O3/c1-15(17-5-9-22-23(13-17)29-11-10-28-22)26(3)14-20-6-4-18-12-19(24-16(2)27)7-8-21(18)25-20/h4-9,12-13,15H,10-11,14H2,1-3H3,(H,24,27). The van der Waals surface area contributed by atoms with Crippen molar-refractivity contribution in [1.82, 2.24) is 9.88 Å². The van der Waals surface area contributed by atoms with Crippen molar-refractivity contribution in [2.24, 2.45) is 0 Å². The van der Waals surface area contributed by atoms with Crippen LogP contribution in [-0.4, -0.2) is 36.1 Å². The zero-order valence-electron chi connectivity index (χ0n) is 16.9. The molecular weight excluding hydrogens is 366 g/mol. The molecule has 1 unspecified atom stereocenters. The first kappa shape index (κ1) is 19.2. The number of carbonyl (C=O) groups excluding carboxylic acids is 1. The van der Waals surface area contributed by atoms with Crippen LogP contribution in [-0.2, 0) is 11.3 Å². The second-order valence-corrected chi connectivity index (χ2v) is 7.39. The molecule has 2 aromatic carbocycles. The normalized spacial score (nSPS) is 14.1. The Bertz CT molecular complexity index is 1050. The van der Waals surface area contributed by atoms with E-state index in [1.54, 1.807) is 0 Å². The number of amides is 1. The molecule has 3 aromatic rings. The summed E-state index contributed by atoms with van der Waals surface area (Å²) in [5.41, 5.74) is 3.87. The van der Waals surface area contributed by atoms with E-state index in [0.29, 0.717) is 13.2 Å². The van der Waals surface area contributed by atoms with Gasteiger partial charge in [-0.1, -0.05) is 12.1 Å². The molecule has 150 valence electrons. The summed E-state index contributed by atoms with van der Waals surface area (Å²) < 4.78 is 11.3. The molecule has 1 aliphatic rings. The SMILES string of the molecule is CC(=O)Nc1ccc2nc(CN(C)C(C)c3ccc4c(c3)OCCO4)ccc2c1. The number of aromatic nitrogens is 1. The van der Waals surface area contributed by atoms with Crippen LogP contribution in [0.1, 0.15) is 31.1 Å². The highest BCUT2D eigenvalue weighted by atomic mass is 16.6. The monoisotopic (exact) mass is 391 g/mol. The Morgan fingerprint density at radius 1 is 1.10 bits per heavy atom. The zero-order chi connectivity index (χ0) is 20.4. The molecule has 2 heterocycles. The first-order valence-corrected chi connectivity index (χ1v) is 9.76. The Balaban J connectivity index is 1.49. The summed E-state index contributed by atoms with van der Waals surface area (Å²) in [6, 6.07) is 16.2. The molecule has 6 nitrogen and oxygen atoms in total. The number of rotatable bonds is 5. The Morgan fingerprint density at radius 2 is 1.90 bits per heavy atom. The van der Waals surface area contributed by atoms with Crippen LogP contribution in [0.15, 0.2) is 48.5 Å². The van der Waals surface area contributed by atoms with Crippen LogP contribution in [0.25, 0.3) is 10.9 Å². The summed E-state index contributed by atoms with van der Waals surface area (Å²) in [6.45, 7) is 5.59. The number of nitrogens with one attached hydrogen (secondary N) is 1. The number of anilines is 1. The Hall–Kier alpha value is -3.12. The van der Waals surface area contributed by atoms with Crippen LogP contribution in [0.2, 0.25) is 0 Å². The molecule has 0 saturated heterocycles. The maximum absolute atomic E-state index is 11.2. The molecule has 0 spiro atoms. The summed E-state index contributed by atoms with van der Waals surface area (Å²) in [5.74, 6) is 1.54. The lowest BCUT2D eigenvalue weighted by Gasteiger charge is -2.26. The quantitative estimate of drug-likeness (QED) is 0.708. The summed E-state index contributed by atoms with van der Waals surface area (Å²) in [5, 5.41) is 3.81. The third kappa shape index (κ3) is 4.32. The molecule has 6 heteroatoms. The van der Waals surface area contributed by atoms with Crippen LogP contribution in [0.3, 0.4) is 0 Å². The lowest BCUT2D eigenvalue weighted by atomic mass is 10.1. The fourth-order valence-electron chi connectivity index (χ4n) is 3.50. The minimum atomic E-state index is -0.0799. The molecule has 0 bridgehead atoms. The van der Waals surface area contributed by atoms with Crippen molar-refractivity contribution in [3.8, 4) is 11.5 Å². The summed E-state index contributed by atoms with van der Waals surface area (Å²) >= 11 is 0. The molecule has 0 radical (unpaired) electrons. The second-order valence-electron chi connectivity index (χ2n) is 7.39. The van der Waals surface area contributed by atoms with Gasteiger partial charge in [-0.15, -0.1) is 0 Å². The van der Waals surface area contributed by atoms with Crippen LogP contribution in [0.4, 0.5) is 5.69 Å². The average Bonchev–Trinajstić information content (AvgIpc) is 2.72. The van der Waals surface area contributed by atoms with E-state index in [2.05, 4.69) is 36.3 Å². The summed E-state index contributed by atoms with van der Waals surface area (Å²) in [4.78, 5) is 18.3. The van der Waals surface area contributed by atoms with Gasteiger partial charge in [0, 0.05) is 30.6 Å². The summed E-state index contributed by atoms with van der Waals surface area (Å²) in [7, 11) is 2.09. The van der Waals surface area contributed by atoms with E-state index in [9.17, 15) is 4.79 Å². The maximum atomic E-state index is 11.2. The second kappa shape index (κ2) is 8.09. The number of ether oxygens (including phenoxy) is 2. The van der Waals surface area contributed by atoms with Gasteiger partial charge in [0.25, 0.3) is 0 Å². The first-order valence-electron chi connectivity index (χ1n) is 9.76. The number of hydrogen-bond donors (Lipinski definition) is 1. The van der Waals surface area contributed by atoms with Crippen molar-refractivity contribution in [2.75, 3.05) is 25.6 Å². The minimum absolute atomic E-state index is 0.0799. The number of nitrogens with zero attached hydrogens (tertiary/aromatic N) is 2. The van der Waals surface area contributed by atoms with E-state index in [4.69, 9.17) is 14.5 Å². The van der Waals surface area contributed by atoms with Crippen molar-refractivity contribution in [3.05, 3.63) is 59.8 Å². The Kier molecular flexibility index (Phi) is 5.36. The van der Waals surface area contributed by atoms with E-state index in [0.717, 1.165) is 40.3 Å². The third-order valence-corrected chi connectivity index (χ3v) is 5.19. The van der Waals surface area contributed by atoms with Gasteiger partial charge in [0.2, 0.25) is 5.91 Å². The molecule has 4 rings (SSSR count). The maximum Gasteiger partial charge on any atom is 0.221 e. The molecule has 0 saturated carbocycles. The Labute approximate surface area is 170 Å². The van der Waals surface area contributed by atoms with Crippen molar-refractivity contribution >= 4 is 22.5 Å². The highest BCUT2D eigenvalue weighted by Gasteiger charge is 2.17. The summed E-state index contributed by atoms with van der Waals surface area (Å²) in [6.07, 6.45) is 0. The van der Waals surface area contributed by atoms with E-state index >= 15 is 0 Å². The predicted molar refractivity (Wildman–Crippen MR) is 113 cm³/mol. The van der Waals surface area contributed by atoms with Crippen LogP contribution in [0.5, 0.6) is 11.5 Å². The van der Waals surface area contributed by atoms with Gasteiger partial charge in [-0.2, -0.15) is 0 Å². The smallest absolute Gasteiger partial charge is 0.221 e.